The highest BCUT2D eigenvalue weighted by Gasteiger charge is 2.42. The molecule has 1 unspecified atom stereocenters. The van der Waals surface area contributed by atoms with Gasteiger partial charge in [0.1, 0.15) is 10.7 Å². The van der Waals surface area contributed by atoms with Crippen LogP contribution in [0.3, 0.4) is 0 Å². The number of hydrogen-bond donors (Lipinski definition) is 1. The number of sulfonamides is 1. The first-order valence-corrected chi connectivity index (χ1v) is 9.74. The van der Waals surface area contributed by atoms with Gasteiger partial charge in [0.2, 0.25) is 10.0 Å². The molecule has 2 rings (SSSR count). The van der Waals surface area contributed by atoms with Gasteiger partial charge in [0.25, 0.3) is 0 Å². The summed E-state index contributed by atoms with van der Waals surface area (Å²) in [5.74, 6) is -1.01. The summed E-state index contributed by atoms with van der Waals surface area (Å²) in [6.07, 6.45) is -1.87. The summed E-state index contributed by atoms with van der Waals surface area (Å²) in [6.45, 7) is 5.75. The van der Waals surface area contributed by atoms with Crippen molar-refractivity contribution in [2.45, 2.75) is 56.6 Å². The van der Waals surface area contributed by atoms with Crippen LogP contribution in [0.1, 0.15) is 40.0 Å². The van der Waals surface area contributed by atoms with Gasteiger partial charge < -0.3 is 4.90 Å². The number of aromatic nitrogens is 1. The first kappa shape index (κ1) is 20.0. The Kier molecular flexibility index (Phi) is 5.68. The molecule has 1 atom stereocenters. The minimum atomic E-state index is -4.22. The topological polar surface area (TPSA) is 62.3 Å². The number of nitrogens with zero attached hydrogens (tertiary/aromatic N) is 2. The van der Waals surface area contributed by atoms with E-state index in [4.69, 9.17) is 0 Å². The second-order valence-electron chi connectivity index (χ2n) is 7.02. The molecule has 0 spiro atoms. The van der Waals surface area contributed by atoms with Crippen molar-refractivity contribution in [1.82, 2.24) is 9.71 Å². The van der Waals surface area contributed by atoms with E-state index in [9.17, 15) is 21.6 Å². The standard InChI is InChI=1S/C16H24F3N3O2S/c1-4-15(2,3)21-25(23,24)13-7-8-14(20-10-13)22-9-5-6-12(11-22)16(17,18)19/h7-8,10,12,21H,4-6,9,11H2,1-3H3. The normalized spacial score (nSPS) is 19.9. The van der Waals surface area contributed by atoms with E-state index in [0.29, 0.717) is 25.2 Å². The quantitative estimate of drug-likeness (QED) is 0.852. The van der Waals surface area contributed by atoms with Crippen LogP contribution in [0.4, 0.5) is 19.0 Å². The summed E-state index contributed by atoms with van der Waals surface area (Å²) in [5.41, 5.74) is -0.593. The van der Waals surface area contributed by atoms with Crippen LogP contribution in [0.15, 0.2) is 23.2 Å². The van der Waals surface area contributed by atoms with Gasteiger partial charge in [-0.2, -0.15) is 13.2 Å². The van der Waals surface area contributed by atoms with Gasteiger partial charge >= 0.3 is 6.18 Å². The van der Waals surface area contributed by atoms with Gasteiger partial charge in [0.05, 0.1) is 5.92 Å². The molecular formula is C16H24F3N3O2S. The average molecular weight is 379 g/mol. The monoisotopic (exact) mass is 379 g/mol. The first-order valence-electron chi connectivity index (χ1n) is 8.26. The predicted octanol–water partition coefficient (Wildman–Crippen LogP) is 3.33. The van der Waals surface area contributed by atoms with Crippen LogP contribution < -0.4 is 9.62 Å². The van der Waals surface area contributed by atoms with Crippen molar-refractivity contribution in [2.75, 3.05) is 18.0 Å². The van der Waals surface area contributed by atoms with Crippen molar-refractivity contribution in [3.8, 4) is 0 Å². The van der Waals surface area contributed by atoms with Crippen molar-refractivity contribution < 1.29 is 21.6 Å². The van der Waals surface area contributed by atoms with E-state index in [-0.39, 0.29) is 17.9 Å². The van der Waals surface area contributed by atoms with Crippen molar-refractivity contribution in [1.29, 1.82) is 0 Å². The molecule has 1 aliphatic heterocycles. The summed E-state index contributed by atoms with van der Waals surface area (Å²) in [4.78, 5) is 5.64. The second-order valence-corrected chi connectivity index (χ2v) is 8.70. The highest BCUT2D eigenvalue weighted by molar-refractivity contribution is 7.89. The summed E-state index contributed by atoms with van der Waals surface area (Å²) in [5, 5.41) is 0. The lowest BCUT2D eigenvalue weighted by Gasteiger charge is -2.34. The molecule has 0 radical (unpaired) electrons. The van der Waals surface area contributed by atoms with E-state index in [1.54, 1.807) is 18.7 Å². The van der Waals surface area contributed by atoms with Crippen LogP contribution in [-0.4, -0.2) is 38.2 Å². The summed E-state index contributed by atoms with van der Waals surface area (Å²) in [6, 6.07) is 2.85. The Balaban J connectivity index is 2.14. The number of nitrogens with one attached hydrogen (secondary N) is 1. The molecule has 0 aromatic carbocycles. The number of piperidine rings is 1. The Hall–Kier alpha value is -1.35. The fraction of sp³-hybridized carbons (Fsp3) is 0.688. The SMILES string of the molecule is CCC(C)(C)NS(=O)(=O)c1ccc(N2CCCC(C(F)(F)F)C2)nc1. The molecule has 1 saturated heterocycles. The fourth-order valence-corrected chi connectivity index (χ4v) is 4.09. The van der Waals surface area contributed by atoms with Gasteiger partial charge in [0.15, 0.2) is 0 Å². The zero-order valence-corrected chi connectivity index (χ0v) is 15.4. The van der Waals surface area contributed by atoms with Gasteiger partial charge in [-0.3, -0.25) is 0 Å². The molecule has 25 heavy (non-hydrogen) atoms. The maximum Gasteiger partial charge on any atom is 0.393 e. The third-order valence-corrected chi connectivity index (χ3v) is 6.22. The predicted molar refractivity (Wildman–Crippen MR) is 89.9 cm³/mol. The Morgan fingerprint density at radius 2 is 2.00 bits per heavy atom. The van der Waals surface area contributed by atoms with E-state index in [1.807, 2.05) is 6.92 Å². The largest absolute Gasteiger partial charge is 0.393 e. The smallest absolute Gasteiger partial charge is 0.356 e. The molecule has 1 aromatic rings. The lowest BCUT2D eigenvalue weighted by molar-refractivity contribution is -0.176. The molecular weight excluding hydrogens is 355 g/mol. The fourth-order valence-electron chi connectivity index (χ4n) is 2.67. The summed E-state index contributed by atoms with van der Waals surface area (Å²) in [7, 11) is -3.72. The maximum atomic E-state index is 12.9. The molecule has 1 aliphatic rings. The summed E-state index contributed by atoms with van der Waals surface area (Å²) >= 11 is 0. The molecule has 0 saturated carbocycles. The Morgan fingerprint density at radius 1 is 1.32 bits per heavy atom. The van der Waals surface area contributed by atoms with Gasteiger partial charge in [-0.1, -0.05) is 6.92 Å². The number of anilines is 1. The molecule has 2 heterocycles. The lowest BCUT2D eigenvalue weighted by Crippen LogP contribution is -2.43. The molecule has 0 bridgehead atoms. The number of halogens is 3. The molecule has 1 N–H and O–H groups in total. The molecule has 1 aromatic heterocycles. The Morgan fingerprint density at radius 3 is 2.52 bits per heavy atom. The summed E-state index contributed by atoms with van der Waals surface area (Å²) < 4.78 is 66.0. The van der Waals surface area contributed by atoms with Crippen molar-refractivity contribution in [3.05, 3.63) is 18.3 Å². The number of alkyl halides is 3. The zero-order chi connectivity index (χ0) is 18.9. The van der Waals surface area contributed by atoms with Crippen LogP contribution in [0.5, 0.6) is 0 Å². The Bertz CT molecular complexity index is 688. The van der Waals surface area contributed by atoms with Gasteiger partial charge in [-0.05, 0) is 45.2 Å². The van der Waals surface area contributed by atoms with Gasteiger partial charge in [0, 0.05) is 24.8 Å². The van der Waals surface area contributed by atoms with Crippen molar-refractivity contribution in [3.63, 3.8) is 0 Å². The highest BCUT2D eigenvalue weighted by atomic mass is 32.2. The van der Waals surface area contributed by atoms with E-state index >= 15 is 0 Å². The van der Waals surface area contributed by atoms with Crippen LogP contribution in [0.2, 0.25) is 0 Å². The zero-order valence-electron chi connectivity index (χ0n) is 14.6. The van der Waals surface area contributed by atoms with E-state index in [2.05, 4.69) is 9.71 Å². The number of hydrogen-bond acceptors (Lipinski definition) is 4. The van der Waals surface area contributed by atoms with Crippen LogP contribution >= 0.6 is 0 Å². The molecule has 5 nitrogen and oxygen atoms in total. The first-order chi connectivity index (χ1) is 11.4. The highest BCUT2D eigenvalue weighted by Crippen LogP contribution is 2.34. The van der Waals surface area contributed by atoms with Crippen LogP contribution in [0.25, 0.3) is 0 Å². The van der Waals surface area contributed by atoms with Crippen molar-refractivity contribution in [2.24, 2.45) is 5.92 Å². The van der Waals surface area contributed by atoms with Crippen LogP contribution in [0, 0.1) is 5.92 Å². The number of pyridine rings is 1. The molecule has 0 amide bonds. The van der Waals surface area contributed by atoms with Gasteiger partial charge in [-0.15, -0.1) is 0 Å². The third kappa shape index (κ3) is 5.07. The lowest BCUT2D eigenvalue weighted by atomic mass is 9.97. The molecule has 0 aliphatic carbocycles. The third-order valence-electron chi connectivity index (χ3n) is 4.53. The molecule has 9 heteroatoms. The van der Waals surface area contributed by atoms with Crippen LogP contribution in [-0.2, 0) is 10.0 Å². The minimum absolute atomic E-state index is 0.00200. The van der Waals surface area contributed by atoms with E-state index in [1.165, 1.54) is 18.3 Å². The molecule has 142 valence electrons. The van der Waals surface area contributed by atoms with E-state index in [0.717, 1.165) is 0 Å². The maximum absolute atomic E-state index is 12.9. The van der Waals surface area contributed by atoms with E-state index < -0.39 is 27.7 Å². The molecule has 1 fully saturated rings. The minimum Gasteiger partial charge on any atom is -0.356 e. The Labute approximate surface area is 146 Å². The number of rotatable bonds is 5. The van der Waals surface area contributed by atoms with Gasteiger partial charge in [-0.25, -0.2) is 18.1 Å². The van der Waals surface area contributed by atoms with Crippen molar-refractivity contribution >= 4 is 15.8 Å². The second kappa shape index (κ2) is 7.11. The average Bonchev–Trinajstić information content (AvgIpc) is 2.53.